The molecule has 0 saturated carbocycles. The van der Waals surface area contributed by atoms with Crippen molar-refractivity contribution in [1.29, 1.82) is 0 Å². The number of hydrazine groups is 1. The van der Waals surface area contributed by atoms with Crippen molar-refractivity contribution in [2.24, 2.45) is 5.84 Å². The van der Waals surface area contributed by atoms with Crippen LogP contribution in [0.1, 0.15) is 11.7 Å². The Morgan fingerprint density at radius 2 is 2.27 bits per heavy atom. The molecule has 6 heteroatoms. The number of benzene rings is 1. The Hall–Kier alpha value is -1.79. The van der Waals surface area contributed by atoms with Crippen LogP contribution in [0.4, 0.5) is 5.69 Å². The van der Waals surface area contributed by atoms with Gasteiger partial charge in [-0.15, -0.1) is 0 Å². The van der Waals surface area contributed by atoms with Crippen LogP contribution in [0.2, 0.25) is 0 Å². The van der Waals surface area contributed by atoms with Crippen LogP contribution in [0.3, 0.4) is 0 Å². The summed E-state index contributed by atoms with van der Waals surface area (Å²) in [6.45, 7) is 0. The molecule has 6 nitrogen and oxygen atoms in total. The minimum Gasteiger partial charge on any atom is -0.496 e. The summed E-state index contributed by atoms with van der Waals surface area (Å²) in [5.74, 6) is 4.10. The van der Waals surface area contributed by atoms with Gasteiger partial charge < -0.3 is 20.4 Å². The van der Waals surface area contributed by atoms with E-state index < -0.39 is 12.1 Å². The summed E-state index contributed by atoms with van der Waals surface area (Å²) < 4.78 is 4.94. The van der Waals surface area contributed by atoms with Crippen molar-refractivity contribution in [3.05, 3.63) is 23.8 Å². The number of methoxy groups -OCH3 is 1. The van der Waals surface area contributed by atoms with Crippen molar-refractivity contribution in [2.75, 3.05) is 12.5 Å². The van der Waals surface area contributed by atoms with Crippen molar-refractivity contribution in [3.8, 4) is 5.75 Å². The Morgan fingerprint density at radius 3 is 2.73 bits per heavy atom. The number of anilines is 1. The van der Waals surface area contributed by atoms with Crippen LogP contribution >= 0.6 is 0 Å². The predicted molar refractivity (Wildman–Crippen MR) is 53.4 cm³/mol. The zero-order valence-electron chi connectivity index (χ0n) is 8.10. The van der Waals surface area contributed by atoms with Crippen LogP contribution in [-0.2, 0) is 4.79 Å². The van der Waals surface area contributed by atoms with E-state index in [1.807, 2.05) is 0 Å². The highest BCUT2D eigenvalue weighted by atomic mass is 16.5. The maximum atomic E-state index is 10.7. The normalized spacial score (nSPS) is 11.9. The Labute approximate surface area is 86.2 Å². The minimum absolute atomic E-state index is 0.106. The molecule has 0 saturated heterocycles. The third-order valence-electron chi connectivity index (χ3n) is 1.95. The van der Waals surface area contributed by atoms with Gasteiger partial charge >= 0.3 is 5.97 Å². The van der Waals surface area contributed by atoms with E-state index in [0.29, 0.717) is 5.69 Å². The molecule has 0 bridgehead atoms. The molecule has 0 aliphatic heterocycles. The molecule has 1 unspecified atom stereocenters. The average molecular weight is 212 g/mol. The number of rotatable bonds is 4. The van der Waals surface area contributed by atoms with E-state index >= 15 is 0 Å². The van der Waals surface area contributed by atoms with E-state index in [1.54, 1.807) is 18.2 Å². The second-order valence-corrected chi connectivity index (χ2v) is 2.81. The first-order chi connectivity index (χ1) is 7.11. The molecule has 5 N–H and O–H groups in total. The topological polar surface area (TPSA) is 105 Å². The highest BCUT2D eigenvalue weighted by molar-refractivity contribution is 5.78. The molecule has 15 heavy (non-hydrogen) atoms. The molecule has 0 radical (unpaired) electrons. The fourth-order valence-electron chi connectivity index (χ4n) is 1.25. The molecule has 82 valence electrons. The molecular weight excluding hydrogens is 200 g/mol. The van der Waals surface area contributed by atoms with Gasteiger partial charge in [-0.25, -0.2) is 4.79 Å². The predicted octanol–water partition coefficient (Wildman–Crippen LogP) is 0.0988. The van der Waals surface area contributed by atoms with E-state index in [1.165, 1.54) is 7.11 Å². The summed E-state index contributed by atoms with van der Waals surface area (Å²) in [4.78, 5) is 10.7. The quantitative estimate of drug-likeness (QED) is 0.416. The van der Waals surface area contributed by atoms with E-state index in [4.69, 9.17) is 15.7 Å². The summed E-state index contributed by atoms with van der Waals surface area (Å²) in [7, 11) is 1.38. The summed E-state index contributed by atoms with van der Waals surface area (Å²) >= 11 is 0. The lowest BCUT2D eigenvalue weighted by Gasteiger charge is -2.15. The number of carbonyl (C=O) groups is 1. The van der Waals surface area contributed by atoms with E-state index in [9.17, 15) is 9.90 Å². The third-order valence-corrected chi connectivity index (χ3v) is 1.95. The highest BCUT2D eigenvalue weighted by Crippen LogP contribution is 2.31. The van der Waals surface area contributed by atoms with Crippen molar-refractivity contribution in [3.63, 3.8) is 0 Å². The summed E-state index contributed by atoms with van der Waals surface area (Å²) in [6, 6.07) is 4.72. The number of carboxylic acid groups (broad SMARTS) is 1. The van der Waals surface area contributed by atoms with Gasteiger partial charge in [-0.2, -0.15) is 0 Å². The van der Waals surface area contributed by atoms with Crippen LogP contribution in [0, 0.1) is 0 Å². The fourth-order valence-corrected chi connectivity index (χ4v) is 1.25. The van der Waals surface area contributed by atoms with Crippen molar-refractivity contribution in [2.45, 2.75) is 6.10 Å². The molecule has 0 aliphatic rings. The SMILES string of the molecule is COc1cccc(NN)c1C(O)C(=O)O. The molecule has 0 aliphatic carbocycles. The number of nitrogen functional groups attached to an aromatic ring is 1. The van der Waals surface area contributed by atoms with E-state index in [0.717, 1.165) is 0 Å². The van der Waals surface area contributed by atoms with Gasteiger partial charge in [0.15, 0.2) is 6.10 Å². The molecule has 0 aromatic heterocycles. The molecule has 0 fully saturated rings. The Bertz CT molecular complexity index is 345. The van der Waals surface area contributed by atoms with Crippen LogP contribution in [-0.4, -0.2) is 23.3 Å². The number of carboxylic acids is 1. The van der Waals surface area contributed by atoms with Crippen molar-refractivity contribution >= 4 is 11.7 Å². The van der Waals surface area contributed by atoms with Crippen LogP contribution in [0.15, 0.2) is 18.2 Å². The van der Waals surface area contributed by atoms with Crippen LogP contribution in [0.5, 0.6) is 5.75 Å². The Kier molecular flexibility index (Phi) is 3.48. The maximum absolute atomic E-state index is 10.7. The lowest BCUT2D eigenvalue weighted by atomic mass is 10.1. The zero-order valence-corrected chi connectivity index (χ0v) is 8.10. The first kappa shape index (κ1) is 11.3. The monoisotopic (exact) mass is 212 g/mol. The number of aliphatic carboxylic acids is 1. The first-order valence-corrected chi connectivity index (χ1v) is 4.16. The van der Waals surface area contributed by atoms with Gasteiger partial charge in [-0.3, -0.25) is 5.84 Å². The molecule has 1 atom stereocenters. The number of aliphatic hydroxyl groups is 1. The van der Waals surface area contributed by atoms with Gasteiger partial charge in [0.25, 0.3) is 0 Å². The fraction of sp³-hybridized carbons (Fsp3) is 0.222. The van der Waals surface area contributed by atoms with Gasteiger partial charge in [0.2, 0.25) is 0 Å². The standard InChI is InChI=1S/C9H12N2O4/c1-15-6-4-2-3-5(11-10)7(6)8(12)9(13)14/h2-4,8,11-12H,10H2,1H3,(H,13,14). The first-order valence-electron chi connectivity index (χ1n) is 4.16. The smallest absolute Gasteiger partial charge is 0.337 e. The number of aliphatic hydroxyl groups excluding tert-OH is 1. The third kappa shape index (κ3) is 2.17. The molecule has 1 rings (SSSR count). The number of hydrogen-bond donors (Lipinski definition) is 4. The molecule has 1 aromatic carbocycles. The van der Waals surface area contributed by atoms with Crippen LogP contribution in [0.25, 0.3) is 0 Å². The number of hydrogen-bond acceptors (Lipinski definition) is 5. The number of nitrogens with one attached hydrogen (secondary N) is 1. The van der Waals surface area contributed by atoms with Crippen molar-refractivity contribution in [1.82, 2.24) is 0 Å². The Balaban J connectivity index is 3.27. The number of ether oxygens (including phenoxy) is 1. The zero-order chi connectivity index (χ0) is 11.4. The minimum atomic E-state index is -1.67. The van der Waals surface area contributed by atoms with Crippen molar-refractivity contribution < 1.29 is 19.7 Å². The second-order valence-electron chi connectivity index (χ2n) is 2.81. The van der Waals surface area contributed by atoms with Crippen LogP contribution < -0.4 is 16.0 Å². The molecule has 0 amide bonds. The van der Waals surface area contributed by atoms with E-state index in [-0.39, 0.29) is 11.3 Å². The largest absolute Gasteiger partial charge is 0.496 e. The van der Waals surface area contributed by atoms with Gasteiger partial charge in [-0.05, 0) is 12.1 Å². The van der Waals surface area contributed by atoms with Gasteiger partial charge in [0, 0.05) is 0 Å². The Morgan fingerprint density at radius 1 is 1.60 bits per heavy atom. The lowest BCUT2D eigenvalue weighted by molar-refractivity contribution is -0.147. The molecular formula is C9H12N2O4. The summed E-state index contributed by atoms with van der Waals surface area (Å²) in [5.41, 5.74) is 2.72. The van der Waals surface area contributed by atoms with Gasteiger partial charge in [0.05, 0.1) is 18.4 Å². The highest BCUT2D eigenvalue weighted by Gasteiger charge is 2.23. The lowest BCUT2D eigenvalue weighted by Crippen LogP contribution is -2.17. The maximum Gasteiger partial charge on any atom is 0.337 e. The average Bonchev–Trinajstić information content (AvgIpc) is 2.26. The van der Waals surface area contributed by atoms with Gasteiger partial charge in [-0.1, -0.05) is 6.07 Å². The summed E-state index contributed by atoms with van der Waals surface area (Å²) in [6.07, 6.45) is -1.67. The molecule has 0 spiro atoms. The molecule has 0 heterocycles. The number of nitrogens with two attached hydrogens (primary N) is 1. The second kappa shape index (κ2) is 4.63. The molecule has 1 aromatic rings. The summed E-state index contributed by atoms with van der Waals surface area (Å²) in [5, 5.41) is 18.1. The van der Waals surface area contributed by atoms with Gasteiger partial charge in [0.1, 0.15) is 5.75 Å². The van der Waals surface area contributed by atoms with E-state index in [2.05, 4.69) is 5.43 Å².